The highest BCUT2D eigenvalue weighted by Gasteiger charge is 2.31. The molecule has 0 heteroatoms. The van der Waals surface area contributed by atoms with Crippen LogP contribution < -0.4 is 0 Å². The predicted octanol–water partition coefficient (Wildman–Crippen LogP) is 4.45. The van der Waals surface area contributed by atoms with Crippen LogP contribution in [0.2, 0.25) is 0 Å². The van der Waals surface area contributed by atoms with Gasteiger partial charge in [-0.3, -0.25) is 0 Å². The molecule has 0 aromatic rings. The first-order valence-corrected chi connectivity index (χ1v) is 5.85. The smallest absolute Gasteiger partial charge is 0.0337 e. The summed E-state index contributed by atoms with van der Waals surface area (Å²) in [7, 11) is 0. The average Bonchev–Trinajstić information content (AvgIpc) is 2.05. The molecule has 13 heavy (non-hydrogen) atoms. The Hall–Kier alpha value is 0. The van der Waals surface area contributed by atoms with Crippen LogP contribution in [-0.4, -0.2) is 0 Å². The summed E-state index contributed by atoms with van der Waals surface area (Å²) in [4.78, 5) is 0. The van der Waals surface area contributed by atoms with Crippen LogP contribution in [0.5, 0.6) is 0 Å². The molecule has 1 rings (SSSR count). The summed E-state index contributed by atoms with van der Waals surface area (Å²) < 4.78 is 0. The second kappa shape index (κ2) is 4.48. The molecule has 1 unspecified atom stereocenters. The zero-order valence-electron chi connectivity index (χ0n) is 9.60. The zero-order valence-corrected chi connectivity index (χ0v) is 9.60. The second-order valence-corrected chi connectivity index (χ2v) is 5.66. The normalized spacial score (nSPS) is 23.1. The van der Waals surface area contributed by atoms with Gasteiger partial charge in [0.05, 0.1) is 0 Å². The van der Waals surface area contributed by atoms with E-state index in [4.69, 9.17) is 0 Å². The van der Waals surface area contributed by atoms with Crippen LogP contribution in [0, 0.1) is 24.2 Å². The van der Waals surface area contributed by atoms with Gasteiger partial charge >= 0.3 is 0 Å². The molecule has 0 aliphatic heterocycles. The third-order valence-electron chi connectivity index (χ3n) is 3.64. The summed E-state index contributed by atoms with van der Waals surface area (Å²) >= 11 is 0. The van der Waals surface area contributed by atoms with E-state index < -0.39 is 0 Å². The van der Waals surface area contributed by atoms with E-state index in [1.165, 1.54) is 32.1 Å². The minimum Gasteiger partial charge on any atom is -0.0599 e. The third-order valence-corrected chi connectivity index (χ3v) is 3.64. The molecule has 0 aromatic heterocycles. The zero-order chi connectivity index (χ0) is 9.90. The first-order valence-electron chi connectivity index (χ1n) is 5.85. The predicted molar refractivity (Wildman–Crippen MR) is 59.5 cm³/mol. The highest BCUT2D eigenvalue weighted by Crippen LogP contribution is 2.41. The fourth-order valence-electron chi connectivity index (χ4n) is 2.91. The topological polar surface area (TPSA) is 0 Å². The SMILES string of the molecule is [CH2]CC(C1CCCCC1)C(C)(C)C. The van der Waals surface area contributed by atoms with Gasteiger partial charge in [0, 0.05) is 0 Å². The molecule has 1 saturated carbocycles. The Kier molecular flexibility index (Phi) is 3.82. The minimum atomic E-state index is 0.462. The quantitative estimate of drug-likeness (QED) is 0.590. The van der Waals surface area contributed by atoms with Gasteiger partial charge in [0.1, 0.15) is 0 Å². The number of hydrogen-bond donors (Lipinski definition) is 0. The van der Waals surface area contributed by atoms with Gasteiger partial charge < -0.3 is 0 Å². The van der Waals surface area contributed by atoms with Crippen molar-refractivity contribution >= 4 is 0 Å². The summed E-state index contributed by atoms with van der Waals surface area (Å²) in [6, 6.07) is 0. The summed E-state index contributed by atoms with van der Waals surface area (Å²) in [5.74, 6) is 1.80. The van der Waals surface area contributed by atoms with E-state index in [1.54, 1.807) is 0 Å². The Labute approximate surface area is 84.1 Å². The Morgan fingerprint density at radius 3 is 2.08 bits per heavy atom. The highest BCUT2D eigenvalue weighted by molar-refractivity contribution is 4.82. The van der Waals surface area contributed by atoms with Gasteiger partial charge in [0.2, 0.25) is 0 Å². The molecule has 0 amide bonds. The van der Waals surface area contributed by atoms with Crippen molar-refractivity contribution in [1.82, 2.24) is 0 Å². The van der Waals surface area contributed by atoms with E-state index in [-0.39, 0.29) is 0 Å². The fraction of sp³-hybridized carbons (Fsp3) is 0.923. The van der Waals surface area contributed by atoms with Crippen LogP contribution in [-0.2, 0) is 0 Å². The number of hydrogen-bond acceptors (Lipinski definition) is 0. The molecule has 1 fully saturated rings. The van der Waals surface area contributed by atoms with Gasteiger partial charge in [-0.1, -0.05) is 59.8 Å². The lowest BCUT2D eigenvalue weighted by molar-refractivity contribution is 0.126. The second-order valence-electron chi connectivity index (χ2n) is 5.66. The van der Waals surface area contributed by atoms with Crippen molar-refractivity contribution in [2.24, 2.45) is 17.3 Å². The average molecular weight is 181 g/mol. The van der Waals surface area contributed by atoms with Crippen LogP contribution in [0.3, 0.4) is 0 Å². The van der Waals surface area contributed by atoms with Crippen molar-refractivity contribution in [1.29, 1.82) is 0 Å². The lowest BCUT2D eigenvalue weighted by Gasteiger charge is -2.38. The molecule has 0 N–H and O–H groups in total. The van der Waals surface area contributed by atoms with E-state index >= 15 is 0 Å². The van der Waals surface area contributed by atoms with Crippen molar-refractivity contribution in [2.75, 3.05) is 0 Å². The van der Waals surface area contributed by atoms with Gasteiger partial charge in [-0.25, -0.2) is 0 Å². The van der Waals surface area contributed by atoms with E-state index in [9.17, 15) is 0 Å². The monoisotopic (exact) mass is 181 g/mol. The van der Waals surface area contributed by atoms with Crippen LogP contribution in [0.15, 0.2) is 0 Å². The molecular weight excluding hydrogens is 156 g/mol. The van der Waals surface area contributed by atoms with Crippen molar-refractivity contribution in [3.8, 4) is 0 Å². The molecule has 0 bridgehead atoms. The molecular formula is C13H25. The van der Waals surface area contributed by atoms with Crippen LogP contribution >= 0.6 is 0 Å². The molecule has 0 nitrogen and oxygen atoms in total. The molecule has 0 spiro atoms. The maximum Gasteiger partial charge on any atom is -0.0337 e. The van der Waals surface area contributed by atoms with E-state index in [2.05, 4.69) is 27.7 Å². The summed E-state index contributed by atoms with van der Waals surface area (Å²) in [6.07, 6.45) is 8.40. The summed E-state index contributed by atoms with van der Waals surface area (Å²) in [5.41, 5.74) is 0.462. The Bertz CT molecular complexity index is 135. The van der Waals surface area contributed by atoms with Gasteiger partial charge in [-0.15, -0.1) is 0 Å². The maximum absolute atomic E-state index is 4.13. The minimum absolute atomic E-state index is 0.462. The maximum atomic E-state index is 4.13. The van der Waals surface area contributed by atoms with Gasteiger partial charge in [-0.05, 0) is 23.7 Å². The van der Waals surface area contributed by atoms with Gasteiger partial charge in [0.25, 0.3) is 0 Å². The van der Waals surface area contributed by atoms with E-state index in [0.29, 0.717) is 5.41 Å². The highest BCUT2D eigenvalue weighted by atomic mass is 14.4. The molecule has 0 heterocycles. The van der Waals surface area contributed by atoms with Crippen molar-refractivity contribution in [2.45, 2.75) is 59.3 Å². The molecule has 1 atom stereocenters. The largest absolute Gasteiger partial charge is 0.0599 e. The molecule has 77 valence electrons. The number of rotatable bonds is 2. The van der Waals surface area contributed by atoms with Crippen molar-refractivity contribution in [3.63, 3.8) is 0 Å². The third kappa shape index (κ3) is 3.00. The lowest BCUT2D eigenvalue weighted by Crippen LogP contribution is -2.29. The van der Waals surface area contributed by atoms with Crippen molar-refractivity contribution < 1.29 is 0 Å². The fourth-order valence-corrected chi connectivity index (χ4v) is 2.91. The first kappa shape index (κ1) is 11.1. The Morgan fingerprint density at radius 1 is 1.15 bits per heavy atom. The summed E-state index contributed by atoms with van der Waals surface area (Å²) in [5, 5.41) is 0. The molecule has 1 aliphatic carbocycles. The van der Waals surface area contributed by atoms with Crippen LogP contribution in [0.4, 0.5) is 0 Å². The van der Waals surface area contributed by atoms with E-state index in [1.807, 2.05) is 0 Å². The lowest BCUT2D eigenvalue weighted by atomic mass is 9.67. The van der Waals surface area contributed by atoms with Gasteiger partial charge in [0.15, 0.2) is 0 Å². The molecule has 1 radical (unpaired) electrons. The Balaban J connectivity index is 2.54. The first-order chi connectivity index (χ1) is 6.05. The Morgan fingerprint density at radius 2 is 1.69 bits per heavy atom. The van der Waals surface area contributed by atoms with Crippen molar-refractivity contribution in [3.05, 3.63) is 6.92 Å². The van der Waals surface area contributed by atoms with E-state index in [0.717, 1.165) is 18.3 Å². The molecule has 0 aromatic carbocycles. The van der Waals surface area contributed by atoms with Gasteiger partial charge in [-0.2, -0.15) is 0 Å². The summed E-state index contributed by atoms with van der Waals surface area (Å²) in [6.45, 7) is 11.2. The van der Waals surface area contributed by atoms with Crippen LogP contribution in [0.1, 0.15) is 59.3 Å². The van der Waals surface area contributed by atoms with Crippen LogP contribution in [0.25, 0.3) is 0 Å². The standard InChI is InChI=1S/C13H25/c1-5-12(13(2,3)4)11-9-7-6-8-10-11/h11-12H,1,5-10H2,2-4H3. The molecule has 1 aliphatic rings. The molecule has 0 saturated heterocycles.